The summed E-state index contributed by atoms with van der Waals surface area (Å²) in [5.74, 6) is 1.22. The third-order valence-electron chi connectivity index (χ3n) is 5.86. The molecule has 1 heterocycles. The molecule has 0 unspecified atom stereocenters. The van der Waals surface area contributed by atoms with Crippen LogP contribution in [0.1, 0.15) is 55.2 Å². The Morgan fingerprint density at radius 3 is 2.87 bits per heavy atom. The maximum absolute atomic E-state index is 11.0. The van der Waals surface area contributed by atoms with Crippen molar-refractivity contribution in [3.63, 3.8) is 0 Å². The van der Waals surface area contributed by atoms with Crippen LogP contribution in [0.3, 0.4) is 0 Å². The number of H-pyrrole nitrogens is 1. The average molecular weight is 408 g/mol. The zero-order valence-corrected chi connectivity index (χ0v) is 17.4. The van der Waals surface area contributed by atoms with E-state index in [9.17, 15) is 4.79 Å². The van der Waals surface area contributed by atoms with Crippen LogP contribution >= 0.6 is 0 Å². The van der Waals surface area contributed by atoms with Crippen LogP contribution in [0, 0.1) is 0 Å². The van der Waals surface area contributed by atoms with E-state index in [1.807, 2.05) is 18.3 Å². The number of carbonyl (C=O) groups is 1. The summed E-state index contributed by atoms with van der Waals surface area (Å²) in [7, 11) is 0. The molecule has 4 rings (SSSR count). The number of aromatic nitrogens is 1. The molecule has 158 valence electrons. The zero-order chi connectivity index (χ0) is 20.9. The molecule has 0 saturated carbocycles. The Hall–Kier alpha value is -2.95. The van der Waals surface area contributed by atoms with E-state index in [2.05, 4.69) is 36.2 Å². The van der Waals surface area contributed by atoms with Crippen LogP contribution in [0.5, 0.6) is 11.5 Å². The summed E-state index contributed by atoms with van der Waals surface area (Å²) in [5, 5.41) is 10.3. The molecule has 1 aliphatic carbocycles. The molecule has 0 aliphatic heterocycles. The molecule has 0 spiro atoms. The van der Waals surface area contributed by atoms with E-state index in [4.69, 9.17) is 14.6 Å². The van der Waals surface area contributed by atoms with Crippen molar-refractivity contribution < 1.29 is 19.4 Å². The first kappa shape index (κ1) is 20.3. The van der Waals surface area contributed by atoms with Gasteiger partial charge in [-0.1, -0.05) is 19.4 Å². The number of carboxylic acid groups (broad SMARTS) is 1. The Kier molecular flexibility index (Phi) is 6.26. The predicted molar refractivity (Wildman–Crippen MR) is 118 cm³/mol. The summed E-state index contributed by atoms with van der Waals surface area (Å²) in [6, 6.07) is 12.3. The number of hydrogen-bond acceptors (Lipinski definition) is 3. The monoisotopic (exact) mass is 407 g/mol. The molecule has 2 N–H and O–H groups in total. The summed E-state index contributed by atoms with van der Waals surface area (Å²) >= 11 is 0. The first-order valence-electron chi connectivity index (χ1n) is 10.8. The fourth-order valence-electron chi connectivity index (χ4n) is 4.44. The molecule has 5 nitrogen and oxygen atoms in total. The van der Waals surface area contributed by atoms with E-state index < -0.39 is 5.97 Å². The number of fused-ring (bicyclic) bond motifs is 2. The van der Waals surface area contributed by atoms with Crippen LogP contribution < -0.4 is 9.47 Å². The molecular weight excluding hydrogens is 378 g/mol. The lowest BCUT2D eigenvalue weighted by Crippen LogP contribution is -2.07. The summed E-state index contributed by atoms with van der Waals surface area (Å²) < 4.78 is 12.0. The van der Waals surface area contributed by atoms with Gasteiger partial charge >= 0.3 is 5.97 Å². The molecule has 0 radical (unpaired) electrons. The van der Waals surface area contributed by atoms with Crippen molar-refractivity contribution in [2.24, 2.45) is 0 Å². The number of hydrogen-bond donors (Lipinski definition) is 2. The Labute approximate surface area is 177 Å². The van der Waals surface area contributed by atoms with Gasteiger partial charge in [-0.3, -0.25) is 4.79 Å². The van der Waals surface area contributed by atoms with Crippen molar-refractivity contribution in [1.29, 1.82) is 0 Å². The third kappa shape index (κ3) is 4.45. The summed E-state index contributed by atoms with van der Waals surface area (Å²) in [6.45, 7) is 3.38. The molecule has 0 bridgehead atoms. The van der Waals surface area contributed by atoms with Gasteiger partial charge in [-0.25, -0.2) is 0 Å². The van der Waals surface area contributed by atoms with Gasteiger partial charge in [-0.2, -0.15) is 0 Å². The lowest BCUT2D eigenvalue weighted by molar-refractivity contribution is -0.137. The van der Waals surface area contributed by atoms with E-state index in [0.29, 0.717) is 13.2 Å². The summed E-state index contributed by atoms with van der Waals surface area (Å²) in [6.07, 6.45) is 6.89. The van der Waals surface area contributed by atoms with Gasteiger partial charge in [0, 0.05) is 29.1 Å². The second-order valence-electron chi connectivity index (χ2n) is 7.98. The molecule has 1 atom stereocenters. The highest BCUT2D eigenvalue weighted by Crippen LogP contribution is 2.37. The lowest BCUT2D eigenvalue weighted by Gasteiger charge is -2.13. The van der Waals surface area contributed by atoms with Crippen LogP contribution in [0.2, 0.25) is 0 Å². The van der Waals surface area contributed by atoms with Gasteiger partial charge in [0.05, 0.1) is 19.6 Å². The quantitative estimate of drug-likeness (QED) is 0.437. The SMILES string of the molecule is CCCc1c(OCCCOc2ccc3c(c2)CC[C@H]3CC(=O)O)ccc2[nH]ccc12. The van der Waals surface area contributed by atoms with E-state index in [-0.39, 0.29) is 12.3 Å². The average Bonchev–Trinajstić information content (AvgIpc) is 3.36. The molecule has 1 aromatic heterocycles. The van der Waals surface area contributed by atoms with Crippen LogP contribution in [0.25, 0.3) is 10.9 Å². The van der Waals surface area contributed by atoms with E-state index in [1.165, 1.54) is 16.5 Å². The molecule has 0 amide bonds. The zero-order valence-electron chi connectivity index (χ0n) is 17.4. The number of nitrogens with one attached hydrogen (secondary N) is 1. The van der Waals surface area contributed by atoms with Crippen molar-refractivity contribution in [2.75, 3.05) is 13.2 Å². The van der Waals surface area contributed by atoms with Gasteiger partial charge in [-0.15, -0.1) is 0 Å². The Balaban J connectivity index is 1.29. The highest BCUT2D eigenvalue weighted by Gasteiger charge is 2.24. The van der Waals surface area contributed by atoms with Crippen LogP contribution in [0.4, 0.5) is 0 Å². The second kappa shape index (κ2) is 9.24. The fourth-order valence-corrected chi connectivity index (χ4v) is 4.44. The van der Waals surface area contributed by atoms with E-state index in [1.54, 1.807) is 0 Å². The molecule has 1 aliphatic rings. The van der Waals surface area contributed by atoms with Gasteiger partial charge in [0.15, 0.2) is 0 Å². The van der Waals surface area contributed by atoms with Crippen LogP contribution in [-0.4, -0.2) is 29.3 Å². The Bertz CT molecular complexity index is 1020. The standard InChI is InChI=1S/C25H29NO4/c1-2-4-22-21-11-12-26-23(21)9-10-24(22)30-14-3-13-29-19-7-8-20-17(15-19)5-6-18(20)16-25(27)28/h7-12,15,18,26H,2-6,13-14,16H2,1H3,(H,27,28)/t18-/m0/s1. The van der Waals surface area contributed by atoms with Gasteiger partial charge in [0.25, 0.3) is 0 Å². The topological polar surface area (TPSA) is 71.6 Å². The van der Waals surface area contributed by atoms with E-state index in [0.717, 1.165) is 54.7 Å². The van der Waals surface area contributed by atoms with Gasteiger partial charge in [0.2, 0.25) is 0 Å². The highest BCUT2D eigenvalue weighted by molar-refractivity contribution is 5.85. The minimum absolute atomic E-state index is 0.134. The predicted octanol–water partition coefficient (Wildman–Crippen LogP) is 5.47. The number of carboxylic acids is 1. The largest absolute Gasteiger partial charge is 0.493 e. The number of aryl methyl sites for hydroxylation is 2. The van der Waals surface area contributed by atoms with Crippen molar-refractivity contribution >= 4 is 16.9 Å². The first-order valence-corrected chi connectivity index (χ1v) is 10.8. The second-order valence-corrected chi connectivity index (χ2v) is 7.98. The number of aromatic amines is 1. The molecule has 5 heteroatoms. The molecule has 30 heavy (non-hydrogen) atoms. The maximum atomic E-state index is 11.0. The molecule has 3 aromatic rings. The molecule has 0 saturated heterocycles. The van der Waals surface area contributed by atoms with Gasteiger partial charge < -0.3 is 19.6 Å². The third-order valence-corrected chi connectivity index (χ3v) is 5.86. The van der Waals surface area contributed by atoms with Crippen molar-refractivity contribution in [1.82, 2.24) is 4.98 Å². The van der Waals surface area contributed by atoms with Crippen molar-refractivity contribution in [2.45, 2.75) is 51.4 Å². The first-order chi connectivity index (χ1) is 14.7. The number of rotatable bonds is 10. The van der Waals surface area contributed by atoms with Gasteiger partial charge in [-0.05, 0) is 66.6 Å². The van der Waals surface area contributed by atoms with Crippen molar-refractivity contribution in [3.8, 4) is 11.5 Å². The highest BCUT2D eigenvalue weighted by atomic mass is 16.5. The van der Waals surface area contributed by atoms with E-state index >= 15 is 0 Å². The molecule has 2 aromatic carbocycles. The van der Waals surface area contributed by atoms with Crippen LogP contribution in [-0.2, 0) is 17.6 Å². The normalized spacial score (nSPS) is 15.3. The smallest absolute Gasteiger partial charge is 0.303 e. The molecular formula is C25H29NO4. The van der Waals surface area contributed by atoms with Crippen molar-refractivity contribution in [3.05, 3.63) is 59.3 Å². The Morgan fingerprint density at radius 2 is 2.03 bits per heavy atom. The van der Waals surface area contributed by atoms with Crippen LogP contribution in [0.15, 0.2) is 42.6 Å². The summed E-state index contributed by atoms with van der Waals surface area (Å²) in [4.78, 5) is 14.3. The number of benzene rings is 2. The van der Waals surface area contributed by atoms with Gasteiger partial charge in [0.1, 0.15) is 11.5 Å². The number of ether oxygens (including phenoxy) is 2. The number of aliphatic carboxylic acids is 1. The fraction of sp³-hybridized carbons (Fsp3) is 0.400. The molecule has 0 fully saturated rings. The Morgan fingerprint density at radius 1 is 1.17 bits per heavy atom. The maximum Gasteiger partial charge on any atom is 0.303 e. The lowest BCUT2D eigenvalue weighted by atomic mass is 9.98. The minimum Gasteiger partial charge on any atom is -0.493 e. The minimum atomic E-state index is -0.731. The summed E-state index contributed by atoms with van der Waals surface area (Å²) in [5.41, 5.74) is 4.80.